The molecule has 0 bridgehead atoms. The lowest BCUT2D eigenvalue weighted by Gasteiger charge is -2.29. The summed E-state index contributed by atoms with van der Waals surface area (Å²) < 4.78 is 23.3. The van der Waals surface area contributed by atoms with Crippen molar-refractivity contribution in [2.45, 2.75) is 276 Å². The third-order valence-electron chi connectivity index (χ3n) is 12.6. The summed E-state index contributed by atoms with van der Waals surface area (Å²) in [7, 11) is 1.25. The van der Waals surface area contributed by atoms with Crippen LogP contribution in [0.25, 0.3) is 0 Å². The van der Waals surface area contributed by atoms with Crippen LogP contribution in [0.2, 0.25) is 0 Å². The molecule has 9 heteroatoms. The molecule has 0 aromatic heterocycles. The van der Waals surface area contributed by atoms with E-state index in [0.29, 0.717) is 17.4 Å². The maximum atomic E-state index is 12.9. The Hall–Kier alpha value is -1.28. The number of quaternary nitrogens is 1. The zero-order valence-corrected chi connectivity index (χ0v) is 44.6. The third kappa shape index (κ3) is 50.4. The highest BCUT2D eigenvalue weighted by Crippen LogP contribution is 2.38. The fourth-order valence-electron chi connectivity index (χ4n) is 8.17. The fourth-order valence-corrected chi connectivity index (χ4v) is 8.89. The summed E-state index contributed by atoms with van der Waals surface area (Å²) in [5, 5.41) is 13.9. The summed E-state index contributed by atoms with van der Waals surface area (Å²) >= 11 is 0. The summed E-state index contributed by atoms with van der Waals surface area (Å²) in [6, 6.07) is -0.905. The predicted octanol–water partition coefficient (Wildman–Crippen LogP) is 16.0. The van der Waals surface area contributed by atoms with Gasteiger partial charge in [0.2, 0.25) is 5.91 Å². The highest BCUT2D eigenvalue weighted by Gasteiger charge is 2.23. The minimum Gasteiger partial charge on any atom is -0.756 e. The molecule has 8 nitrogen and oxygen atoms in total. The molecule has 0 saturated heterocycles. The van der Waals surface area contributed by atoms with Crippen molar-refractivity contribution in [3.63, 3.8) is 0 Å². The molecule has 0 radical (unpaired) electrons. The van der Waals surface area contributed by atoms with Crippen molar-refractivity contribution in [1.82, 2.24) is 5.32 Å². The Morgan fingerprint density at radius 1 is 0.523 bits per heavy atom. The van der Waals surface area contributed by atoms with Gasteiger partial charge in [-0.05, 0) is 57.8 Å². The van der Waals surface area contributed by atoms with Gasteiger partial charge >= 0.3 is 0 Å². The largest absolute Gasteiger partial charge is 0.756 e. The van der Waals surface area contributed by atoms with E-state index >= 15 is 0 Å². The van der Waals surface area contributed by atoms with Crippen LogP contribution < -0.4 is 10.2 Å². The molecule has 0 aliphatic carbocycles. The molecule has 2 N–H and O–H groups in total. The van der Waals surface area contributed by atoms with Crippen molar-refractivity contribution >= 4 is 13.7 Å². The number of nitrogens with one attached hydrogen (secondary N) is 1. The van der Waals surface area contributed by atoms with Crippen LogP contribution in [-0.2, 0) is 18.4 Å². The maximum Gasteiger partial charge on any atom is 0.268 e. The van der Waals surface area contributed by atoms with Crippen LogP contribution in [-0.4, -0.2) is 68.5 Å². The van der Waals surface area contributed by atoms with Gasteiger partial charge in [-0.1, -0.05) is 237 Å². The number of phosphoric ester groups is 1. The molecule has 0 rings (SSSR count). The Balaban J connectivity index is 4.29. The number of likely N-dealkylation sites (N-methyl/N-ethyl adjacent to an activating group) is 1. The normalized spacial score (nSPS) is 14.3. The minimum atomic E-state index is -4.60. The zero-order valence-electron chi connectivity index (χ0n) is 43.7. The summed E-state index contributed by atoms with van der Waals surface area (Å²) in [5.74, 6) is -0.209. The predicted molar refractivity (Wildman–Crippen MR) is 279 cm³/mol. The van der Waals surface area contributed by atoms with E-state index in [9.17, 15) is 19.4 Å². The Labute approximate surface area is 404 Å². The highest BCUT2D eigenvalue weighted by molar-refractivity contribution is 7.45. The number of carbonyl (C=O) groups is 1. The van der Waals surface area contributed by atoms with Crippen LogP contribution in [0.4, 0.5) is 0 Å². The van der Waals surface area contributed by atoms with Gasteiger partial charge in [0.1, 0.15) is 13.2 Å². The number of carbonyl (C=O) groups excluding carboxylic acids is 1. The molecule has 65 heavy (non-hydrogen) atoms. The van der Waals surface area contributed by atoms with Crippen LogP contribution in [0.3, 0.4) is 0 Å². The second kappa shape index (κ2) is 47.8. The number of nitrogens with zero attached hydrogens (tertiary/aromatic N) is 1. The van der Waals surface area contributed by atoms with E-state index in [1.54, 1.807) is 6.08 Å². The monoisotopic (exact) mass is 937 g/mol. The van der Waals surface area contributed by atoms with Crippen LogP contribution in [0.1, 0.15) is 264 Å². The summed E-state index contributed by atoms with van der Waals surface area (Å²) in [6.07, 6.45) is 60.7. The smallest absolute Gasteiger partial charge is 0.268 e. The molecule has 3 atom stereocenters. The lowest BCUT2D eigenvalue weighted by molar-refractivity contribution is -0.870. The van der Waals surface area contributed by atoms with Crippen molar-refractivity contribution in [3.05, 3.63) is 36.5 Å². The van der Waals surface area contributed by atoms with Gasteiger partial charge in [0.05, 0.1) is 39.9 Å². The zero-order chi connectivity index (χ0) is 47.8. The number of aliphatic hydroxyl groups excluding tert-OH is 1. The van der Waals surface area contributed by atoms with E-state index in [-0.39, 0.29) is 12.5 Å². The van der Waals surface area contributed by atoms with E-state index in [4.69, 9.17) is 9.05 Å². The molecular weight excluding hydrogens is 828 g/mol. The first-order valence-electron chi connectivity index (χ1n) is 27.9. The first-order valence-corrected chi connectivity index (χ1v) is 29.3. The average Bonchev–Trinajstić information content (AvgIpc) is 3.26. The number of aliphatic hydroxyl groups is 1. The number of hydrogen-bond donors (Lipinski definition) is 2. The van der Waals surface area contributed by atoms with Gasteiger partial charge in [0.15, 0.2) is 0 Å². The molecule has 3 unspecified atom stereocenters. The van der Waals surface area contributed by atoms with Crippen LogP contribution in [0, 0.1) is 0 Å². The molecule has 0 aliphatic heterocycles. The van der Waals surface area contributed by atoms with E-state index in [2.05, 4.69) is 43.5 Å². The molecule has 0 heterocycles. The van der Waals surface area contributed by atoms with Crippen LogP contribution in [0.5, 0.6) is 0 Å². The standard InChI is InChI=1S/C56H109N2O6P/c1-6-8-10-12-14-16-18-20-22-24-26-28-30-32-34-36-38-40-42-44-46-48-50-56(60)57-54(53-64-65(61,62)63-52-51-58(3,4)5)55(59)49-47-45-43-41-39-37-35-33-31-29-27-25-23-21-19-17-15-13-11-9-7-2/h30,32,39,41,47,49,54-55,59H,6-29,31,33-38,40,42-46,48,50-53H2,1-5H3,(H-,57,60,61,62)/b32-30-,41-39+,49-47+. The molecule has 384 valence electrons. The van der Waals surface area contributed by atoms with Gasteiger partial charge in [-0.15, -0.1) is 0 Å². The molecule has 0 saturated carbocycles. The molecule has 1 amide bonds. The summed E-state index contributed by atoms with van der Waals surface area (Å²) in [6.45, 7) is 4.66. The molecular formula is C56H109N2O6P. The van der Waals surface area contributed by atoms with E-state index in [1.807, 2.05) is 27.2 Å². The lowest BCUT2D eigenvalue weighted by atomic mass is 10.0. The summed E-state index contributed by atoms with van der Waals surface area (Å²) in [4.78, 5) is 25.5. The number of hydrogen-bond acceptors (Lipinski definition) is 6. The Morgan fingerprint density at radius 2 is 0.862 bits per heavy atom. The van der Waals surface area contributed by atoms with Crippen LogP contribution >= 0.6 is 7.82 Å². The van der Waals surface area contributed by atoms with Crippen molar-refractivity contribution in [2.24, 2.45) is 0 Å². The first-order chi connectivity index (χ1) is 31.5. The quantitative estimate of drug-likeness (QED) is 0.0272. The first kappa shape index (κ1) is 63.7. The molecule has 0 aromatic rings. The average molecular weight is 937 g/mol. The Morgan fingerprint density at radius 3 is 1.25 bits per heavy atom. The lowest BCUT2D eigenvalue weighted by Crippen LogP contribution is -2.45. The van der Waals surface area contributed by atoms with Gasteiger partial charge in [0.25, 0.3) is 7.82 Å². The fraction of sp³-hybridized carbons (Fsp3) is 0.875. The summed E-state index contributed by atoms with van der Waals surface area (Å²) in [5.41, 5.74) is 0. The van der Waals surface area contributed by atoms with Crippen LogP contribution in [0.15, 0.2) is 36.5 Å². The number of rotatable bonds is 51. The van der Waals surface area contributed by atoms with Crippen molar-refractivity contribution in [1.29, 1.82) is 0 Å². The number of phosphoric acid groups is 1. The highest BCUT2D eigenvalue weighted by atomic mass is 31.2. The van der Waals surface area contributed by atoms with Crippen molar-refractivity contribution in [3.8, 4) is 0 Å². The number of allylic oxidation sites excluding steroid dienone is 5. The Bertz CT molecular complexity index is 1150. The molecule has 0 fully saturated rings. The second-order valence-corrected chi connectivity index (χ2v) is 21.7. The van der Waals surface area contributed by atoms with E-state index in [1.165, 1.54) is 205 Å². The van der Waals surface area contributed by atoms with Crippen molar-refractivity contribution in [2.75, 3.05) is 40.9 Å². The molecule has 0 spiro atoms. The topological polar surface area (TPSA) is 108 Å². The van der Waals surface area contributed by atoms with E-state index in [0.717, 1.165) is 38.5 Å². The maximum absolute atomic E-state index is 12.9. The van der Waals surface area contributed by atoms with Crippen molar-refractivity contribution < 1.29 is 32.9 Å². The van der Waals surface area contributed by atoms with Gasteiger partial charge in [-0.3, -0.25) is 9.36 Å². The molecule has 0 aromatic carbocycles. The second-order valence-electron chi connectivity index (χ2n) is 20.3. The minimum absolute atomic E-state index is 0.00667. The SMILES string of the molecule is CCCCCCCCCCCCC/C=C\CCCCCCCCCC(=O)NC(COP(=O)([O-])OCC[N+](C)(C)C)C(O)/C=C/CC/C=C/CCCCCCCCCCCCCCCCC. The van der Waals surface area contributed by atoms with Gasteiger partial charge in [-0.25, -0.2) is 0 Å². The Kier molecular flexibility index (Phi) is 46.8. The number of amides is 1. The molecule has 0 aliphatic rings. The van der Waals surface area contributed by atoms with Gasteiger partial charge < -0.3 is 28.8 Å². The number of unbranched alkanes of at least 4 members (excludes halogenated alkanes) is 34. The van der Waals surface area contributed by atoms with Gasteiger partial charge in [-0.2, -0.15) is 0 Å². The van der Waals surface area contributed by atoms with E-state index < -0.39 is 26.6 Å². The third-order valence-corrected chi connectivity index (χ3v) is 13.5. The van der Waals surface area contributed by atoms with Gasteiger partial charge in [0, 0.05) is 6.42 Å².